The van der Waals surface area contributed by atoms with Crippen LogP contribution in [0.2, 0.25) is 18.1 Å². The lowest BCUT2D eigenvalue weighted by Crippen LogP contribution is -2.63. The van der Waals surface area contributed by atoms with Gasteiger partial charge in [0.05, 0.1) is 6.10 Å². The third-order valence-electron chi connectivity index (χ3n) is 10.1. The van der Waals surface area contributed by atoms with E-state index >= 15 is 0 Å². The molecule has 0 amide bonds. The van der Waals surface area contributed by atoms with Gasteiger partial charge in [0.15, 0.2) is 19.9 Å². The average molecular weight is 447 g/mol. The predicted molar refractivity (Wildman–Crippen MR) is 125 cm³/mol. The smallest absolute Gasteiger partial charge is 0.191 e. The van der Waals surface area contributed by atoms with Crippen LogP contribution in [-0.2, 0) is 18.8 Å². The van der Waals surface area contributed by atoms with E-state index in [1.54, 1.807) is 0 Å². The zero-order valence-corrected chi connectivity index (χ0v) is 21.9. The van der Waals surface area contributed by atoms with E-state index in [1.807, 2.05) is 0 Å². The summed E-state index contributed by atoms with van der Waals surface area (Å²) >= 11 is 0. The molecule has 0 N–H and O–H groups in total. The minimum atomic E-state index is -1.95. The van der Waals surface area contributed by atoms with Gasteiger partial charge in [-0.1, -0.05) is 54.5 Å². The molecule has 0 aromatic rings. The molecular formula is C26H42O4Si. The van der Waals surface area contributed by atoms with Gasteiger partial charge in [-0.25, -0.2) is 0 Å². The van der Waals surface area contributed by atoms with Crippen LogP contribution < -0.4 is 0 Å². The third-order valence-corrected chi connectivity index (χ3v) is 14.6. The summed E-state index contributed by atoms with van der Waals surface area (Å²) in [5.74, 6) is -0.0901. The van der Waals surface area contributed by atoms with Crippen LogP contribution in [0.15, 0.2) is 12.2 Å². The summed E-state index contributed by atoms with van der Waals surface area (Å²) in [6.07, 6.45) is 4.07. The van der Waals surface area contributed by atoms with Crippen LogP contribution in [0.4, 0.5) is 0 Å². The number of ether oxygens (including phenoxy) is 1. The van der Waals surface area contributed by atoms with Crippen LogP contribution in [0.25, 0.3) is 0 Å². The van der Waals surface area contributed by atoms with E-state index in [-0.39, 0.29) is 57.7 Å². The zero-order valence-electron chi connectivity index (χ0n) is 20.9. The van der Waals surface area contributed by atoms with E-state index in [1.165, 1.54) is 0 Å². The van der Waals surface area contributed by atoms with Crippen molar-refractivity contribution in [3.05, 3.63) is 12.2 Å². The number of rotatable bonds is 3. The highest BCUT2D eigenvalue weighted by atomic mass is 28.4. The number of carbonyl (C=O) groups is 2. The van der Waals surface area contributed by atoms with Gasteiger partial charge in [-0.2, -0.15) is 0 Å². The second kappa shape index (κ2) is 6.86. The molecule has 4 nitrogen and oxygen atoms in total. The van der Waals surface area contributed by atoms with Crippen LogP contribution in [0.3, 0.4) is 0 Å². The third kappa shape index (κ3) is 3.05. The van der Waals surface area contributed by atoms with Crippen molar-refractivity contribution in [3.63, 3.8) is 0 Å². The molecular weight excluding hydrogens is 404 g/mol. The number of hydrogen-bond donors (Lipinski definition) is 0. The molecule has 0 radical (unpaired) electrons. The van der Waals surface area contributed by atoms with Crippen LogP contribution in [0.5, 0.6) is 0 Å². The Morgan fingerprint density at radius 1 is 1.19 bits per heavy atom. The number of ketones is 2. The number of fused-ring (bicyclic) bond motifs is 4. The maximum absolute atomic E-state index is 14.4. The normalized spacial score (nSPS) is 42.4. The lowest BCUT2D eigenvalue weighted by molar-refractivity contribution is -0.177. The van der Waals surface area contributed by atoms with Gasteiger partial charge >= 0.3 is 0 Å². The summed E-state index contributed by atoms with van der Waals surface area (Å²) in [5.41, 5.74) is -0.658. The van der Waals surface area contributed by atoms with Gasteiger partial charge in [0.25, 0.3) is 0 Å². The molecule has 0 aromatic carbocycles. The van der Waals surface area contributed by atoms with Crippen LogP contribution in [0, 0.1) is 28.6 Å². The molecule has 5 heteroatoms. The standard InChI is InChI=1S/C26H42O4Si/c1-16-19(27)13-18-22(28)26-17(15-29-31(8,9)23(2,3)4)11-10-12-25(26,7)14-20(30-26)21(16)24(18,5)6/h17-18,20-21H,1,10-15H2,2-9H3/t17-,18+,20+,21-,25+,26-/m1/s1. The van der Waals surface area contributed by atoms with E-state index in [9.17, 15) is 9.59 Å². The van der Waals surface area contributed by atoms with Gasteiger partial charge in [0, 0.05) is 36.2 Å². The Morgan fingerprint density at radius 2 is 1.84 bits per heavy atom. The SMILES string of the molecule is C=C1C(=O)C[C@H]2C(=O)[C@@]34O[C@@H](C[C@]3(C)CCC[C@@H]4CO[Si](C)(C)C(C)(C)C)[C@@H]1C2(C)C. The second-order valence-corrected chi connectivity index (χ2v) is 18.0. The predicted octanol–water partition coefficient (Wildman–Crippen LogP) is 5.71. The quantitative estimate of drug-likeness (QED) is 0.411. The maximum atomic E-state index is 14.4. The van der Waals surface area contributed by atoms with Gasteiger partial charge < -0.3 is 9.16 Å². The Hall–Kier alpha value is -0.783. The van der Waals surface area contributed by atoms with Gasteiger partial charge in [0.1, 0.15) is 5.60 Å². The molecule has 2 aliphatic carbocycles. The second-order valence-electron chi connectivity index (χ2n) is 13.2. The minimum Gasteiger partial charge on any atom is -0.416 e. The van der Waals surface area contributed by atoms with E-state index in [0.717, 1.165) is 25.7 Å². The largest absolute Gasteiger partial charge is 0.416 e. The maximum Gasteiger partial charge on any atom is 0.191 e. The zero-order chi connectivity index (χ0) is 23.2. The summed E-state index contributed by atoms with van der Waals surface area (Å²) < 4.78 is 13.6. The van der Waals surface area contributed by atoms with Crippen molar-refractivity contribution in [3.8, 4) is 0 Å². The topological polar surface area (TPSA) is 52.6 Å². The van der Waals surface area contributed by atoms with Crippen LogP contribution >= 0.6 is 0 Å². The molecule has 2 saturated heterocycles. The summed E-state index contributed by atoms with van der Waals surface area (Å²) in [4.78, 5) is 27.3. The van der Waals surface area contributed by atoms with Crippen molar-refractivity contribution in [1.29, 1.82) is 0 Å². The molecule has 2 aliphatic heterocycles. The lowest BCUT2D eigenvalue weighted by Gasteiger charge is -2.54. The van der Waals surface area contributed by atoms with Crippen molar-refractivity contribution in [2.45, 2.75) is 103 Å². The molecule has 1 spiro atoms. The fraction of sp³-hybridized carbons (Fsp3) is 0.846. The first-order valence-electron chi connectivity index (χ1n) is 12.2. The molecule has 174 valence electrons. The molecule has 0 aromatic heterocycles. The highest BCUT2D eigenvalue weighted by Crippen LogP contribution is 2.66. The summed E-state index contributed by atoms with van der Waals surface area (Å²) in [5, 5.41) is 0.123. The van der Waals surface area contributed by atoms with E-state index < -0.39 is 13.9 Å². The van der Waals surface area contributed by atoms with Gasteiger partial charge in [-0.3, -0.25) is 9.59 Å². The Labute approximate surface area is 189 Å². The van der Waals surface area contributed by atoms with Gasteiger partial charge in [0.2, 0.25) is 0 Å². The first-order valence-corrected chi connectivity index (χ1v) is 15.1. The number of Topliss-reactive ketones (excluding diaryl/α,β-unsaturated/α-hetero) is 2. The Kier molecular flexibility index (Phi) is 5.18. The summed E-state index contributed by atoms with van der Waals surface area (Å²) in [6, 6.07) is 0. The van der Waals surface area contributed by atoms with E-state index in [2.05, 4.69) is 61.2 Å². The molecule has 6 atom stereocenters. The number of carbonyl (C=O) groups excluding carboxylic acids is 2. The van der Waals surface area contributed by atoms with Gasteiger partial charge in [-0.15, -0.1) is 0 Å². The highest BCUT2D eigenvalue weighted by Gasteiger charge is 2.73. The average Bonchev–Trinajstić information content (AvgIpc) is 2.93. The molecule has 4 fully saturated rings. The van der Waals surface area contributed by atoms with Crippen LogP contribution in [0.1, 0.15) is 73.6 Å². The molecule has 2 heterocycles. The van der Waals surface area contributed by atoms with Crippen molar-refractivity contribution in [2.24, 2.45) is 28.6 Å². The summed E-state index contributed by atoms with van der Waals surface area (Å²) in [6.45, 7) is 22.7. The monoisotopic (exact) mass is 446 g/mol. The molecule has 2 saturated carbocycles. The highest BCUT2D eigenvalue weighted by molar-refractivity contribution is 6.74. The van der Waals surface area contributed by atoms with Gasteiger partial charge in [-0.05, 0) is 48.4 Å². The van der Waals surface area contributed by atoms with E-state index in [4.69, 9.17) is 9.16 Å². The van der Waals surface area contributed by atoms with Crippen molar-refractivity contribution < 1.29 is 18.8 Å². The Balaban J connectivity index is 1.77. The lowest BCUT2D eigenvalue weighted by atomic mass is 9.48. The van der Waals surface area contributed by atoms with Crippen LogP contribution in [-0.4, -0.2) is 38.2 Å². The Bertz CT molecular complexity index is 822. The molecule has 0 unspecified atom stereocenters. The molecule has 31 heavy (non-hydrogen) atoms. The van der Waals surface area contributed by atoms with E-state index in [0.29, 0.717) is 12.2 Å². The number of hydrogen-bond acceptors (Lipinski definition) is 4. The fourth-order valence-corrected chi connectivity index (χ4v) is 8.17. The van der Waals surface area contributed by atoms with Crippen molar-refractivity contribution in [1.82, 2.24) is 0 Å². The minimum absolute atomic E-state index is 0.0522. The molecule has 4 aliphatic rings. The van der Waals surface area contributed by atoms with Crippen molar-refractivity contribution in [2.75, 3.05) is 6.61 Å². The summed E-state index contributed by atoms with van der Waals surface area (Å²) in [7, 11) is -1.95. The first-order chi connectivity index (χ1) is 14.1. The van der Waals surface area contributed by atoms with Crippen molar-refractivity contribution >= 4 is 19.9 Å². The fourth-order valence-electron chi connectivity index (χ4n) is 7.12. The Morgan fingerprint density at radius 3 is 2.45 bits per heavy atom. The first kappa shape index (κ1) is 23.4. The molecule has 4 rings (SSSR count). The molecule has 4 bridgehead atoms.